The van der Waals surface area contributed by atoms with Crippen molar-refractivity contribution in [1.82, 2.24) is 10.2 Å². The molecule has 17 heavy (non-hydrogen) atoms. The zero-order valence-electron chi connectivity index (χ0n) is 11.7. The van der Waals surface area contributed by atoms with E-state index in [4.69, 9.17) is 4.74 Å². The van der Waals surface area contributed by atoms with Crippen molar-refractivity contribution in [3.8, 4) is 0 Å². The van der Waals surface area contributed by atoms with Gasteiger partial charge >= 0.3 is 0 Å². The van der Waals surface area contributed by atoms with Crippen LogP contribution in [0.15, 0.2) is 0 Å². The summed E-state index contributed by atoms with van der Waals surface area (Å²) in [5.41, 5.74) is 0.338. The zero-order chi connectivity index (χ0) is 12.3. The molecule has 0 bridgehead atoms. The third kappa shape index (κ3) is 3.43. The van der Waals surface area contributed by atoms with Crippen LogP contribution in [-0.2, 0) is 4.74 Å². The average Bonchev–Trinajstić information content (AvgIpc) is 3.13. The van der Waals surface area contributed by atoms with Crippen molar-refractivity contribution in [3.63, 3.8) is 0 Å². The second-order valence-electron chi connectivity index (χ2n) is 6.18. The largest absolute Gasteiger partial charge is 0.381 e. The lowest BCUT2D eigenvalue weighted by Gasteiger charge is -2.41. The SMILES string of the molecule is CNCC1(CN(C)C(C)C2CC2)CCCOC1. The first-order valence-corrected chi connectivity index (χ1v) is 7.09. The Kier molecular flexibility index (Phi) is 4.45. The minimum Gasteiger partial charge on any atom is -0.381 e. The lowest BCUT2D eigenvalue weighted by Crippen LogP contribution is -2.49. The van der Waals surface area contributed by atoms with Gasteiger partial charge in [0.15, 0.2) is 0 Å². The van der Waals surface area contributed by atoms with Gasteiger partial charge in [0, 0.05) is 31.2 Å². The molecule has 2 atom stereocenters. The fourth-order valence-electron chi connectivity index (χ4n) is 3.22. The molecule has 2 fully saturated rings. The van der Waals surface area contributed by atoms with E-state index >= 15 is 0 Å². The van der Waals surface area contributed by atoms with Crippen molar-refractivity contribution in [1.29, 1.82) is 0 Å². The van der Waals surface area contributed by atoms with E-state index in [1.807, 2.05) is 0 Å². The third-order valence-electron chi connectivity index (χ3n) is 4.54. The molecule has 2 aliphatic rings. The molecule has 1 aliphatic heterocycles. The van der Waals surface area contributed by atoms with E-state index in [0.29, 0.717) is 5.41 Å². The van der Waals surface area contributed by atoms with Crippen LogP contribution in [0.25, 0.3) is 0 Å². The van der Waals surface area contributed by atoms with E-state index in [9.17, 15) is 0 Å². The molecule has 100 valence electrons. The molecule has 3 nitrogen and oxygen atoms in total. The Hall–Kier alpha value is -0.120. The average molecular weight is 240 g/mol. The summed E-state index contributed by atoms with van der Waals surface area (Å²) in [6.45, 7) is 6.51. The molecule has 1 saturated carbocycles. The van der Waals surface area contributed by atoms with E-state index in [1.54, 1.807) is 0 Å². The first-order valence-electron chi connectivity index (χ1n) is 7.09. The minimum absolute atomic E-state index is 0.338. The summed E-state index contributed by atoms with van der Waals surface area (Å²) >= 11 is 0. The van der Waals surface area contributed by atoms with Crippen LogP contribution < -0.4 is 5.32 Å². The Morgan fingerprint density at radius 2 is 2.24 bits per heavy atom. The lowest BCUT2D eigenvalue weighted by molar-refractivity contribution is -0.0276. The van der Waals surface area contributed by atoms with E-state index in [1.165, 1.54) is 32.2 Å². The Balaban J connectivity index is 1.90. The normalized spacial score (nSPS) is 31.8. The van der Waals surface area contributed by atoms with Crippen molar-refractivity contribution >= 4 is 0 Å². The van der Waals surface area contributed by atoms with E-state index < -0.39 is 0 Å². The Bertz CT molecular complexity index is 229. The van der Waals surface area contributed by atoms with Crippen molar-refractivity contribution in [2.24, 2.45) is 11.3 Å². The molecule has 1 N–H and O–H groups in total. The van der Waals surface area contributed by atoms with Crippen LogP contribution >= 0.6 is 0 Å². The maximum atomic E-state index is 5.73. The Morgan fingerprint density at radius 1 is 1.47 bits per heavy atom. The highest BCUT2D eigenvalue weighted by atomic mass is 16.5. The van der Waals surface area contributed by atoms with Crippen LogP contribution in [0.5, 0.6) is 0 Å². The van der Waals surface area contributed by atoms with Crippen LogP contribution in [0.1, 0.15) is 32.6 Å². The number of ether oxygens (including phenoxy) is 1. The number of nitrogens with zero attached hydrogens (tertiary/aromatic N) is 1. The molecular formula is C14H28N2O. The standard InChI is InChI=1S/C14H28N2O/c1-12(13-5-6-13)16(3)10-14(9-15-2)7-4-8-17-11-14/h12-13,15H,4-11H2,1-3H3. The van der Waals surface area contributed by atoms with Gasteiger partial charge in [0.05, 0.1) is 6.61 Å². The lowest BCUT2D eigenvalue weighted by atomic mass is 9.81. The van der Waals surface area contributed by atoms with Gasteiger partial charge in [-0.3, -0.25) is 0 Å². The molecule has 2 rings (SSSR count). The summed E-state index contributed by atoms with van der Waals surface area (Å²) in [6.07, 6.45) is 5.38. The van der Waals surface area contributed by atoms with E-state index in [0.717, 1.165) is 31.7 Å². The van der Waals surface area contributed by atoms with Crippen LogP contribution in [0.3, 0.4) is 0 Å². The maximum Gasteiger partial charge on any atom is 0.0546 e. The fourth-order valence-corrected chi connectivity index (χ4v) is 3.22. The highest BCUT2D eigenvalue weighted by molar-refractivity contribution is 4.90. The van der Waals surface area contributed by atoms with Crippen molar-refractivity contribution in [2.75, 3.05) is 40.4 Å². The smallest absolute Gasteiger partial charge is 0.0546 e. The summed E-state index contributed by atoms with van der Waals surface area (Å²) in [7, 11) is 4.34. The molecule has 1 saturated heterocycles. The molecule has 0 amide bonds. The first kappa shape index (κ1) is 13.3. The number of rotatable bonds is 6. The first-order chi connectivity index (χ1) is 8.17. The second-order valence-corrected chi connectivity index (χ2v) is 6.18. The molecule has 1 aliphatic carbocycles. The molecule has 0 radical (unpaired) electrons. The fraction of sp³-hybridized carbons (Fsp3) is 1.00. The predicted molar refractivity (Wildman–Crippen MR) is 71.2 cm³/mol. The Morgan fingerprint density at radius 3 is 2.76 bits per heavy atom. The molecule has 0 aromatic heterocycles. The molecule has 0 spiro atoms. The maximum absolute atomic E-state index is 5.73. The number of hydrogen-bond donors (Lipinski definition) is 1. The van der Waals surface area contributed by atoms with Crippen LogP contribution in [0.4, 0.5) is 0 Å². The van der Waals surface area contributed by atoms with Gasteiger partial charge < -0.3 is 15.0 Å². The monoisotopic (exact) mass is 240 g/mol. The molecule has 3 heteroatoms. The summed E-state index contributed by atoms with van der Waals surface area (Å²) < 4.78 is 5.73. The highest BCUT2D eigenvalue weighted by Gasteiger charge is 2.37. The number of hydrogen-bond acceptors (Lipinski definition) is 3. The quantitative estimate of drug-likeness (QED) is 0.765. The van der Waals surface area contributed by atoms with Crippen molar-refractivity contribution < 1.29 is 4.74 Å². The highest BCUT2D eigenvalue weighted by Crippen LogP contribution is 2.36. The van der Waals surface area contributed by atoms with Gasteiger partial charge in [-0.25, -0.2) is 0 Å². The molecular weight excluding hydrogens is 212 g/mol. The van der Waals surface area contributed by atoms with Gasteiger partial charge in [-0.2, -0.15) is 0 Å². The summed E-state index contributed by atoms with van der Waals surface area (Å²) in [4.78, 5) is 2.56. The van der Waals surface area contributed by atoms with Gasteiger partial charge in [0.25, 0.3) is 0 Å². The zero-order valence-corrected chi connectivity index (χ0v) is 11.7. The summed E-state index contributed by atoms with van der Waals surface area (Å²) in [6, 6.07) is 0.741. The van der Waals surface area contributed by atoms with Gasteiger partial charge in [0.1, 0.15) is 0 Å². The topological polar surface area (TPSA) is 24.5 Å². The second kappa shape index (κ2) is 5.68. The molecule has 1 heterocycles. The van der Waals surface area contributed by atoms with E-state index in [2.05, 4.69) is 31.2 Å². The molecule has 0 aromatic carbocycles. The van der Waals surface area contributed by atoms with Crippen LogP contribution in [0, 0.1) is 11.3 Å². The van der Waals surface area contributed by atoms with Crippen LogP contribution in [-0.4, -0.2) is 51.3 Å². The van der Waals surface area contributed by atoms with Gasteiger partial charge in [-0.05, 0) is 52.6 Å². The minimum atomic E-state index is 0.338. The Labute approximate surface area is 106 Å². The number of nitrogens with one attached hydrogen (secondary N) is 1. The summed E-state index contributed by atoms with van der Waals surface area (Å²) in [5.74, 6) is 0.955. The predicted octanol–water partition coefficient (Wildman–Crippen LogP) is 1.73. The molecule has 0 aromatic rings. The summed E-state index contributed by atoms with van der Waals surface area (Å²) in [5, 5.41) is 3.36. The molecule has 2 unspecified atom stereocenters. The van der Waals surface area contributed by atoms with E-state index in [-0.39, 0.29) is 0 Å². The van der Waals surface area contributed by atoms with Crippen molar-refractivity contribution in [3.05, 3.63) is 0 Å². The van der Waals surface area contributed by atoms with Gasteiger partial charge in [-0.1, -0.05) is 0 Å². The van der Waals surface area contributed by atoms with Crippen molar-refractivity contribution in [2.45, 2.75) is 38.6 Å². The van der Waals surface area contributed by atoms with Crippen LogP contribution in [0.2, 0.25) is 0 Å². The third-order valence-corrected chi connectivity index (χ3v) is 4.54. The van der Waals surface area contributed by atoms with Gasteiger partial charge in [0.2, 0.25) is 0 Å². The van der Waals surface area contributed by atoms with Gasteiger partial charge in [-0.15, -0.1) is 0 Å².